The van der Waals surface area contributed by atoms with Gasteiger partial charge in [-0.15, -0.1) is 0 Å². The molecule has 0 saturated carbocycles. The second-order valence-corrected chi connectivity index (χ2v) is 4.04. The maximum atomic E-state index is 12.3. The Morgan fingerprint density at radius 3 is 1.87 bits per heavy atom. The fourth-order valence-electron chi connectivity index (χ4n) is 0.415. The van der Waals surface area contributed by atoms with Crippen molar-refractivity contribution in [3.05, 3.63) is 11.8 Å². The van der Waals surface area contributed by atoms with Gasteiger partial charge in [0.1, 0.15) is 5.76 Å². The summed E-state index contributed by atoms with van der Waals surface area (Å²) in [5, 5.41) is -5.93. The zero-order chi connectivity index (χ0) is 12.5. The van der Waals surface area contributed by atoms with E-state index in [1.54, 1.807) is 0 Å². The quantitative estimate of drug-likeness (QED) is 0.441. The molecule has 0 aliphatic carbocycles. The Kier molecular flexibility index (Phi) is 3.72. The van der Waals surface area contributed by atoms with E-state index < -0.39 is 27.3 Å². The number of halogens is 5. The number of hydrogen-bond acceptors (Lipinski definition) is 3. The predicted octanol–water partition coefficient (Wildman–Crippen LogP) is 2.41. The van der Waals surface area contributed by atoms with Gasteiger partial charge in [-0.05, 0) is 19.9 Å². The van der Waals surface area contributed by atoms with Crippen LogP contribution in [-0.2, 0) is 14.3 Å². The summed E-state index contributed by atoms with van der Waals surface area (Å²) in [4.78, 5) is 0. The van der Waals surface area contributed by atoms with Crippen LogP contribution in [0.4, 0.5) is 22.0 Å². The molecule has 0 aromatic carbocycles. The second kappa shape index (κ2) is 3.95. The van der Waals surface area contributed by atoms with Crippen LogP contribution in [0.5, 0.6) is 0 Å². The lowest BCUT2D eigenvalue weighted by molar-refractivity contribution is -0.243. The molecule has 0 rings (SSSR count). The van der Waals surface area contributed by atoms with Crippen LogP contribution in [0.3, 0.4) is 0 Å². The van der Waals surface area contributed by atoms with Crippen LogP contribution in [0.2, 0.25) is 0 Å². The van der Waals surface area contributed by atoms with E-state index in [1.165, 1.54) is 6.92 Å². The maximum absolute atomic E-state index is 12.3. The zero-order valence-electron chi connectivity index (χ0n) is 7.60. The summed E-state index contributed by atoms with van der Waals surface area (Å²) in [6.07, 6.45) is -5.27. The van der Waals surface area contributed by atoms with Gasteiger partial charge in [-0.1, -0.05) is 0 Å². The molecule has 15 heavy (non-hydrogen) atoms. The highest BCUT2D eigenvalue weighted by Crippen LogP contribution is 2.41. The van der Waals surface area contributed by atoms with E-state index in [1.807, 2.05) is 0 Å². The van der Waals surface area contributed by atoms with E-state index in [2.05, 4.69) is 4.18 Å². The van der Waals surface area contributed by atoms with Crippen LogP contribution in [0.15, 0.2) is 11.8 Å². The number of hydrogen-bond donors (Lipinski definition) is 0. The summed E-state index contributed by atoms with van der Waals surface area (Å²) in [6.45, 7) is 2.15. The maximum Gasteiger partial charge on any atom is 0.475 e. The van der Waals surface area contributed by atoms with Crippen LogP contribution in [0.1, 0.15) is 13.8 Å². The summed E-state index contributed by atoms with van der Waals surface area (Å²) in [5.74, 6) is -0.570. The lowest BCUT2D eigenvalue weighted by Crippen LogP contribution is -2.44. The van der Waals surface area contributed by atoms with Gasteiger partial charge in [0, 0.05) is 0 Å². The summed E-state index contributed by atoms with van der Waals surface area (Å²) < 4.78 is 84.3. The molecule has 0 saturated heterocycles. The molecule has 0 aliphatic heterocycles. The molecule has 90 valence electrons. The van der Waals surface area contributed by atoms with Gasteiger partial charge >= 0.3 is 21.5 Å². The monoisotopic (exact) mass is 254 g/mol. The summed E-state index contributed by atoms with van der Waals surface area (Å²) in [6, 6.07) is 0. The number of alkyl halides is 5. The molecular formula is C6H7F5O3S. The van der Waals surface area contributed by atoms with Gasteiger partial charge in [-0.2, -0.15) is 30.4 Å². The largest absolute Gasteiger partial charge is 0.475 e. The van der Waals surface area contributed by atoms with Gasteiger partial charge < -0.3 is 4.18 Å². The van der Waals surface area contributed by atoms with Gasteiger partial charge in [0.15, 0.2) is 0 Å². The Balaban J connectivity index is 5.23. The van der Waals surface area contributed by atoms with Crippen LogP contribution < -0.4 is 0 Å². The molecule has 0 aliphatic rings. The van der Waals surface area contributed by atoms with Crippen molar-refractivity contribution in [1.82, 2.24) is 0 Å². The van der Waals surface area contributed by atoms with Crippen molar-refractivity contribution < 1.29 is 34.6 Å². The third-order valence-electron chi connectivity index (χ3n) is 1.29. The highest BCUT2D eigenvalue weighted by atomic mass is 32.2. The molecule has 0 radical (unpaired) electrons. The Labute approximate surface area is 82.6 Å². The Bertz CT molecular complexity index is 353. The van der Waals surface area contributed by atoms with Crippen molar-refractivity contribution in [2.45, 2.75) is 25.3 Å². The normalized spacial score (nSPS) is 15.3. The lowest BCUT2D eigenvalue weighted by atomic mass is 10.5. The molecule has 3 nitrogen and oxygen atoms in total. The Morgan fingerprint density at radius 1 is 1.20 bits per heavy atom. The first kappa shape index (κ1) is 14.1. The van der Waals surface area contributed by atoms with Crippen LogP contribution >= 0.6 is 0 Å². The van der Waals surface area contributed by atoms with Crippen molar-refractivity contribution >= 4 is 10.1 Å². The third-order valence-corrected chi connectivity index (χ3v) is 2.63. The summed E-state index contributed by atoms with van der Waals surface area (Å²) >= 11 is 0. The van der Waals surface area contributed by atoms with Crippen molar-refractivity contribution in [3.8, 4) is 0 Å². The highest BCUT2D eigenvalue weighted by Gasteiger charge is 2.69. The fraction of sp³-hybridized carbons (Fsp3) is 0.667. The third kappa shape index (κ3) is 2.80. The lowest BCUT2D eigenvalue weighted by Gasteiger charge is -2.19. The number of rotatable bonds is 3. The van der Waals surface area contributed by atoms with Gasteiger partial charge in [-0.3, -0.25) is 0 Å². The van der Waals surface area contributed by atoms with Gasteiger partial charge in [0.25, 0.3) is 0 Å². The standard InChI is InChI=1S/C6H7F5O3S/c1-3-4(2)14-15(12,13)6(10,11)5(7,8)9/h3H,1-2H3. The average molecular weight is 254 g/mol. The minimum Gasteiger partial charge on any atom is -0.383 e. The molecular weight excluding hydrogens is 247 g/mol. The van der Waals surface area contributed by atoms with Crippen molar-refractivity contribution in [2.75, 3.05) is 0 Å². The molecule has 0 spiro atoms. The van der Waals surface area contributed by atoms with Crippen molar-refractivity contribution in [3.63, 3.8) is 0 Å². The van der Waals surface area contributed by atoms with Crippen molar-refractivity contribution in [1.29, 1.82) is 0 Å². The van der Waals surface area contributed by atoms with E-state index >= 15 is 0 Å². The van der Waals surface area contributed by atoms with Crippen LogP contribution in [-0.4, -0.2) is 19.8 Å². The highest BCUT2D eigenvalue weighted by molar-refractivity contribution is 7.88. The van der Waals surface area contributed by atoms with E-state index in [4.69, 9.17) is 0 Å². The molecule has 9 heteroatoms. The molecule has 0 aromatic heterocycles. The molecule has 0 aromatic rings. The smallest absolute Gasteiger partial charge is 0.383 e. The molecule has 0 bridgehead atoms. The fourth-order valence-corrected chi connectivity index (χ4v) is 1.25. The predicted molar refractivity (Wildman–Crippen MR) is 40.4 cm³/mol. The molecule has 0 unspecified atom stereocenters. The summed E-state index contributed by atoms with van der Waals surface area (Å²) in [5.41, 5.74) is 0. The molecule has 0 atom stereocenters. The van der Waals surface area contributed by atoms with Gasteiger partial charge in [0.05, 0.1) is 0 Å². The first-order valence-corrected chi connectivity index (χ1v) is 4.88. The SMILES string of the molecule is CC=C(C)OS(=O)(=O)C(F)(F)C(F)(F)F. The molecule has 0 amide bonds. The van der Waals surface area contributed by atoms with Gasteiger partial charge in [0.2, 0.25) is 0 Å². The Hall–Kier alpha value is -0.860. The second-order valence-electron chi connectivity index (χ2n) is 2.45. The molecule has 0 fully saturated rings. The van der Waals surface area contributed by atoms with Crippen molar-refractivity contribution in [2.24, 2.45) is 0 Å². The topological polar surface area (TPSA) is 43.4 Å². The molecule has 0 heterocycles. The van der Waals surface area contributed by atoms with Crippen LogP contribution in [0.25, 0.3) is 0 Å². The van der Waals surface area contributed by atoms with E-state index in [-0.39, 0.29) is 0 Å². The average Bonchev–Trinajstić information content (AvgIpc) is 2.00. The first-order chi connectivity index (χ1) is 6.45. The van der Waals surface area contributed by atoms with Gasteiger partial charge in [-0.25, -0.2) is 0 Å². The zero-order valence-corrected chi connectivity index (χ0v) is 8.42. The van der Waals surface area contributed by atoms with Crippen LogP contribution in [0, 0.1) is 0 Å². The minimum atomic E-state index is -6.21. The van der Waals surface area contributed by atoms with E-state index in [0.717, 1.165) is 13.0 Å². The van der Waals surface area contributed by atoms with E-state index in [0.29, 0.717) is 0 Å². The number of allylic oxidation sites excluding steroid dienone is 2. The minimum absolute atomic E-state index is 0.570. The van der Waals surface area contributed by atoms with E-state index in [9.17, 15) is 30.4 Å². The first-order valence-electron chi connectivity index (χ1n) is 3.47. The Morgan fingerprint density at radius 2 is 1.60 bits per heavy atom. The molecule has 0 N–H and O–H groups in total. The summed E-state index contributed by atoms with van der Waals surface area (Å²) in [7, 11) is -6.06.